The van der Waals surface area contributed by atoms with Crippen molar-refractivity contribution >= 4 is 28.5 Å². The molecule has 1 aliphatic carbocycles. The summed E-state index contributed by atoms with van der Waals surface area (Å²) in [5, 5.41) is 5.50. The first-order valence-corrected chi connectivity index (χ1v) is 12.0. The molecule has 0 spiro atoms. The van der Waals surface area contributed by atoms with Crippen molar-refractivity contribution in [3.63, 3.8) is 0 Å². The molecule has 1 heterocycles. The first-order chi connectivity index (χ1) is 17.3. The number of aromatic nitrogens is 2. The quantitative estimate of drug-likeness (QED) is 0.362. The van der Waals surface area contributed by atoms with E-state index < -0.39 is 23.2 Å². The standard InChI is InChI=1S/C26H29F3N4O3/c1-36-15-22-32-21-13-17(31-25(35)18-10-6-7-11-20(18)26(27,28)29)12-19(23(21)33-22)24(34)30-14-16-8-4-2-3-5-9-16/h6-7,10-13,16H,2-5,8-9,14-15H2,1H3,(H,30,34)(H,31,35)(H,32,33). The number of aromatic amines is 1. The van der Waals surface area contributed by atoms with Crippen molar-refractivity contribution in [1.29, 1.82) is 0 Å². The number of nitrogens with one attached hydrogen (secondary N) is 3. The van der Waals surface area contributed by atoms with Crippen molar-refractivity contribution in [3.8, 4) is 0 Å². The summed E-state index contributed by atoms with van der Waals surface area (Å²) in [6, 6.07) is 7.55. The van der Waals surface area contributed by atoms with Crippen LogP contribution in [0.25, 0.3) is 11.0 Å². The summed E-state index contributed by atoms with van der Waals surface area (Å²) in [5.74, 6) is -0.400. The topological polar surface area (TPSA) is 96.1 Å². The van der Waals surface area contributed by atoms with Gasteiger partial charge in [-0.15, -0.1) is 0 Å². The van der Waals surface area contributed by atoms with Crippen molar-refractivity contribution in [3.05, 3.63) is 58.9 Å². The molecule has 0 unspecified atom stereocenters. The van der Waals surface area contributed by atoms with Crippen molar-refractivity contribution in [1.82, 2.24) is 15.3 Å². The van der Waals surface area contributed by atoms with Gasteiger partial charge in [0.05, 0.1) is 22.2 Å². The molecule has 3 N–H and O–H groups in total. The summed E-state index contributed by atoms with van der Waals surface area (Å²) < 4.78 is 45.3. The van der Waals surface area contributed by atoms with E-state index in [0.29, 0.717) is 29.3 Å². The number of imidazole rings is 1. The Labute approximate surface area is 206 Å². The number of benzene rings is 2. The summed E-state index contributed by atoms with van der Waals surface area (Å²) >= 11 is 0. The van der Waals surface area contributed by atoms with Crippen LogP contribution in [0.3, 0.4) is 0 Å². The molecular weight excluding hydrogens is 473 g/mol. The van der Waals surface area contributed by atoms with Gasteiger partial charge in [0, 0.05) is 19.3 Å². The molecule has 0 aliphatic heterocycles. The summed E-state index contributed by atoms with van der Waals surface area (Å²) in [4.78, 5) is 33.5. The number of hydrogen-bond acceptors (Lipinski definition) is 4. The number of methoxy groups -OCH3 is 1. The lowest BCUT2D eigenvalue weighted by atomic mass is 10.0. The van der Waals surface area contributed by atoms with Crippen LogP contribution in [0.15, 0.2) is 36.4 Å². The van der Waals surface area contributed by atoms with Gasteiger partial charge in [0.15, 0.2) is 0 Å². The molecule has 7 nitrogen and oxygen atoms in total. The molecule has 0 saturated heterocycles. The normalized spacial score (nSPS) is 15.0. The molecule has 2 amide bonds. The van der Waals surface area contributed by atoms with Crippen LogP contribution in [0.1, 0.15) is 70.6 Å². The average Bonchev–Trinajstić information content (AvgIpc) is 3.06. The van der Waals surface area contributed by atoms with E-state index in [2.05, 4.69) is 20.6 Å². The van der Waals surface area contributed by atoms with Crippen LogP contribution in [-0.2, 0) is 17.5 Å². The van der Waals surface area contributed by atoms with Crippen molar-refractivity contribution in [2.45, 2.75) is 51.3 Å². The highest BCUT2D eigenvalue weighted by Crippen LogP contribution is 2.32. The molecule has 0 atom stereocenters. The van der Waals surface area contributed by atoms with Gasteiger partial charge in [-0.05, 0) is 43.0 Å². The average molecular weight is 503 g/mol. The number of halogens is 3. The second-order valence-corrected chi connectivity index (χ2v) is 9.10. The number of fused-ring (bicyclic) bond motifs is 1. The summed E-state index contributed by atoms with van der Waals surface area (Å²) in [6.45, 7) is 0.712. The van der Waals surface area contributed by atoms with Gasteiger partial charge in [0.1, 0.15) is 17.9 Å². The lowest BCUT2D eigenvalue weighted by Gasteiger charge is -2.16. The number of hydrogen-bond donors (Lipinski definition) is 3. The smallest absolute Gasteiger partial charge is 0.377 e. The van der Waals surface area contributed by atoms with Gasteiger partial charge in [0.2, 0.25) is 0 Å². The molecule has 1 saturated carbocycles. The first-order valence-electron chi connectivity index (χ1n) is 12.0. The predicted octanol–water partition coefficient (Wildman–Crippen LogP) is 5.68. The fourth-order valence-electron chi connectivity index (χ4n) is 4.65. The Bertz CT molecular complexity index is 1230. The molecule has 1 aromatic heterocycles. The third-order valence-corrected chi connectivity index (χ3v) is 6.42. The monoisotopic (exact) mass is 502 g/mol. The second kappa shape index (κ2) is 11.1. The number of ether oxygens (including phenoxy) is 1. The fourth-order valence-corrected chi connectivity index (χ4v) is 4.65. The van der Waals surface area contributed by atoms with Gasteiger partial charge < -0.3 is 20.4 Å². The Hall–Kier alpha value is -3.40. The van der Waals surface area contributed by atoms with Crippen molar-refractivity contribution < 1.29 is 27.5 Å². The van der Waals surface area contributed by atoms with Crippen molar-refractivity contribution in [2.75, 3.05) is 19.0 Å². The lowest BCUT2D eigenvalue weighted by Crippen LogP contribution is -2.29. The summed E-state index contributed by atoms with van der Waals surface area (Å²) in [7, 11) is 1.51. The number of H-pyrrole nitrogens is 1. The molecule has 1 aliphatic rings. The minimum Gasteiger partial charge on any atom is -0.377 e. The minimum absolute atomic E-state index is 0.178. The number of anilines is 1. The highest BCUT2D eigenvalue weighted by Gasteiger charge is 2.35. The molecule has 4 rings (SSSR count). The third kappa shape index (κ3) is 6.04. The molecule has 3 aromatic rings. The van der Waals surface area contributed by atoms with Gasteiger partial charge in [-0.3, -0.25) is 9.59 Å². The molecule has 10 heteroatoms. The predicted molar refractivity (Wildman–Crippen MR) is 130 cm³/mol. The number of nitrogens with zero attached hydrogens (tertiary/aromatic N) is 1. The van der Waals surface area contributed by atoms with E-state index in [-0.39, 0.29) is 23.8 Å². The van der Waals surface area contributed by atoms with E-state index in [4.69, 9.17) is 4.74 Å². The van der Waals surface area contributed by atoms with Gasteiger partial charge >= 0.3 is 6.18 Å². The molecule has 36 heavy (non-hydrogen) atoms. The largest absolute Gasteiger partial charge is 0.417 e. The Morgan fingerprint density at radius 3 is 2.47 bits per heavy atom. The zero-order valence-corrected chi connectivity index (χ0v) is 20.0. The Morgan fingerprint density at radius 1 is 1.06 bits per heavy atom. The van der Waals surface area contributed by atoms with Crippen molar-refractivity contribution in [2.24, 2.45) is 5.92 Å². The number of alkyl halides is 3. The number of carbonyl (C=O) groups is 2. The van der Waals surface area contributed by atoms with Crippen LogP contribution in [0.4, 0.5) is 18.9 Å². The maximum atomic E-state index is 13.4. The molecule has 1 fully saturated rings. The van der Waals surface area contributed by atoms with E-state index in [0.717, 1.165) is 37.8 Å². The molecule has 0 bridgehead atoms. The van der Waals surface area contributed by atoms with Gasteiger partial charge in [-0.2, -0.15) is 13.2 Å². The van der Waals surface area contributed by atoms with E-state index in [1.165, 1.54) is 44.2 Å². The fraction of sp³-hybridized carbons (Fsp3) is 0.423. The zero-order chi connectivity index (χ0) is 25.7. The highest BCUT2D eigenvalue weighted by molar-refractivity contribution is 6.10. The zero-order valence-electron chi connectivity index (χ0n) is 20.0. The first kappa shape index (κ1) is 25.7. The molecule has 192 valence electrons. The molecular formula is C26H29F3N4O3. The van der Waals surface area contributed by atoms with E-state index in [9.17, 15) is 22.8 Å². The van der Waals surface area contributed by atoms with Gasteiger partial charge in [-0.1, -0.05) is 37.8 Å². The van der Waals surface area contributed by atoms with Crippen LogP contribution in [0, 0.1) is 5.92 Å². The summed E-state index contributed by atoms with van der Waals surface area (Å²) in [6.07, 6.45) is 2.14. The van der Waals surface area contributed by atoms with Crippen LogP contribution >= 0.6 is 0 Å². The molecule has 0 radical (unpaired) electrons. The Kier molecular flexibility index (Phi) is 7.93. The van der Waals surface area contributed by atoms with Crippen LogP contribution < -0.4 is 10.6 Å². The number of amides is 2. The van der Waals surface area contributed by atoms with Crippen LogP contribution in [-0.4, -0.2) is 35.4 Å². The SMILES string of the molecule is COCc1nc2c(C(=O)NCC3CCCCCC3)cc(NC(=O)c3ccccc3C(F)(F)F)cc2[nH]1. The molecule has 2 aromatic carbocycles. The summed E-state index contributed by atoms with van der Waals surface area (Å²) in [5.41, 5.74) is -0.281. The third-order valence-electron chi connectivity index (χ3n) is 6.42. The minimum atomic E-state index is -4.68. The maximum absolute atomic E-state index is 13.4. The lowest BCUT2D eigenvalue weighted by molar-refractivity contribution is -0.137. The van der Waals surface area contributed by atoms with Crippen LogP contribution in [0.5, 0.6) is 0 Å². The van der Waals surface area contributed by atoms with Gasteiger partial charge in [0.25, 0.3) is 11.8 Å². The van der Waals surface area contributed by atoms with E-state index >= 15 is 0 Å². The Morgan fingerprint density at radius 2 is 1.78 bits per heavy atom. The van der Waals surface area contributed by atoms with Gasteiger partial charge in [-0.25, -0.2) is 4.98 Å². The number of rotatable bonds is 7. The van der Waals surface area contributed by atoms with Crippen LogP contribution in [0.2, 0.25) is 0 Å². The van der Waals surface area contributed by atoms with E-state index in [1.807, 2.05) is 0 Å². The maximum Gasteiger partial charge on any atom is 0.417 e. The Balaban J connectivity index is 1.62. The highest BCUT2D eigenvalue weighted by atomic mass is 19.4. The number of carbonyl (C=O) groups excluding carboxylic acids is 2. The second-order valence-electron chi connectivity index (χ2n) is 9.10. The van der Waals surface area contributed by atoms with E-state index in [1.54, 1.807) is 0 Å².